The van der Waals surface area contributed by atoms with Gasteiger partial charge in [-0.25, -0.2) is 8.78 Å². The fourth-order valence-corrected chi connectivity index (χ4v) is 1.78. The number of nitrogen functional groups attached to an aromatic ring is 1. The monoisotopic (exact) mass is 253 g/mol. The van der Waals surface area contributed by atoms with Gasteiger partial charge in [-0.15, -0.1) is 0 Å². The molecule has 0 fully saturated rings. The number of anilines is 1. The van der Waals surface area contributed by atoms with Gasteiger partial charge in [0.2, 0.25) is 0 Å². The van der Waals surface area contributed by atoms with E-state index in [-0.39, 0.29) is 11.1 Å². The molecule has 0 atom stereocenters. The first-order chi connectivity index (χ1) is 8.54. The van der Waals surface area contributed by atoms with Gasteiger partial charge in [-0.3, -0.25) is 4.68 Å². The maximum absolute atomic E-state index is 13.0. The molecule has 0 aliphatic heterocycles. The zero-order valence-corrected chi connectivity index (χ0v) is 10.0. The van der Waals surface area contributed by atoms with Crippen LogP contribution in [0.2, 0.25) is 0 Å². The topological polar surface area (TPSA) is 53.1 Å². The molecule has 0 radical (unpaired) electrons. The summed E-state index contributed by atoms with van der Waals surface area (Å²) in [5.41, 5.74) is 6.21. The smallest absolute Gasteiger partial charge is 0.264 e. The van der Waals surface area contributed by atoms with Crippen LogP contribution in [-0.2, 0) is 7.05 Å². The number of methoxy groups -OCH3 is 1. The molecule has 2 N–H and O–H groups in total. The van der Waals surface area contributed by atoms with Gasteiger partial charge >= 0.3 is 0 Å². The lowest BCUT2D eigenvalue weighted by Crippen LogP contribution is -1.98. The Kier molecular flexibility index (Phi) is 3.18. The average Bonchev–Trinajstić information content (AvgIpc) is 2.68. The van der Waals surface area contributed by atoms with Gasteiger partial charge in [-0.1, -0.05) is 12.1 Å². The number of nitrogens with zero attached hydrogens (tertiary/aromatic N) is 2. The Labute approximate surface area is 103 Å². The van der Waals surface area contributed by atoms with Gasteiger partial charge in [0, 0.05) is 18.7 Å². The Bertz CT molecular complexity index is 547. The zero-order valence-electron chi connectivity index (χ0n) is 10.0. The Morgan fingerprint density at radius 3 is 2.61 bits per heavy atom. The van der Waals surface area contributed by atoms with Crippen molar-refractivity contribution in [2.24, 2.45) is 7.05 Å². The highest BCUT2D eigenvalue weighted by Gasteiger charge is 2.20. The Hall–Kier alpha value is -2.11. The van der Waals surface area contributed by atoms with Crippen LogP contribution in [0.1, 0.15) is 12.0 Å². The molecule has 0 unspecified atom stereocenters. The summed E-state index contributed by atoms with van der Waals surface area (Å²) in [4.78, 5) is 0. The van der Waals surface area contributed by atoms with Crippen LogP contribution in [0.15, 0.2) is 24.3 Å². The summed E-state index contributed by atoms with van der Waals surface area (Å²) in [5.74, 6) is 0.752. The second-order valence-corrected chi connectivity index (χ2v) is 3.80. The maximum atomic E-state index is 13.0. The molecule has 0 aliphatic rings. The van der Waals surface area contributed by atoms with E-state index < -0.39 is 6.43 Å². The number of benzene rings is 1. The summed E-state index contributed by atoms with van der Waals surface area (Å²) in [5, 5.41) is 4.11. The second-order valence-electron chi connectivity index (χ2n) is 3.80. The molecule has 0 saturated carbocycles. The van der Waals surface area contributed by atoms with Gasteiger partial charge in [0.1, 0.15) is 11.6 Å². The van der Waals surface area contributed by atoms with Crippen molar-refractivity contribution in [3.63, 3.8) is 0 Å². The summed E-state index contributed by atoms with van der Waals surface area (Å²) in [6.45, 7) is 0. The van der Waals surface area contributed by atoms with Gasteiger partial charge in [0.05, 0.1) is 18.4 Å². The third-order valence-electron chi connectivity index (χ3n) is 2.69. The van der Waals surface area contributed by atoms with Crippen LogP contribution >= 0.6 is 0 Å². The highest BCUT2D eigenvalue weighted by atomic mass is 19.3. The molecule has 4 nitrogen and oxygen atoms in total. The maximum Gasteiger partial charge on any atom is 0.264 e. The molecule has 0 amide bonds. The normalized spacial score (nSPS) is 10.9. The predicted molar refractivity (Wildman–Crippen MR) is 64.6 cm³/mol. The highest BCUT2D eigenvalue weighted by molar-refractivity contribution is 5.73. The van der Waals surface area contributed by atoms with E-state index >= 15 is 0 Å². The Morgan fingerprint density at radius 1 is 1.39 bits per heavy atom. The standard InChI is InChI=1S/C12H13F2N3O/c1-17-10(15)6-8(16-17)11-7(12(13)14)4-3-5-9(11)18-2/h3-6,12H,15H2,1-2H3. The summed E-state index contributed by atoms with van der Waals surface area (Å²) in [6.07, 6.45) is -2.60. The van der Waals surface area contributed by atoms with Crippen LogP contribution in [0.5, 0.6) is 5.75 Å². The summed E-state index contributed by atoms with van der Waals surface area (Å²) < 4.78 is 32.6. The largest absolute Gasteiger partial charge is 0.496 e. The number of hydrogen-bond acceptors (Lipinski definition) is 3. The lowest BCUT2D eigenvalue weighted by Gasteiger charge is -2.11. The third-order valence-corrected chi connectivity index (χ3v) is 2.69. The first kappa shape index (κ1) is 12.3. The van der Waals surface area contributed by atoms with Crippen molar-refractivity contribution in [1.29, 1.82) is 0 Å². The number of halogens is 2. The number of aryl methyl sites for hydroxylation is 1. The van der Waals surface area contributed by atoms with Gasteiger partial charge < -0.3 is 10.5 Å². The molecular weight excluding hydrogens is 240 g/mol. The molecule has 96 valence electrons. The summed E-state index contributed by atoms with van der Waals surface area (Å²) in [6, 6.07) is 6.04. The SMILES string of the molecule is COc1cccc(C(F)F)c1-c1cc(N)n(C)n1. The number of aromatic nitrogens is 2. The molecule has 2 rings (SSSR count). The van der Waals surface area contributed by atoms with Crippen molar-refractivity contribution in [2.45, 2.75) is 6.43 Å². The van der Waals surface area contributed by atoms with Crippen LogP contribution < -0.4 is 10.5 Å². The van der Waals surface area contributed by atoms with E-state index in [0.29, 0.717) is 17.3 Å². The number of alkyl halides is 2. The minimum atomic E-state index is -2.60. The molecule has 6 heteroatoms. The summed E-state index contributed by atoms with van der Waals surface area (Å²) in [7, 11) is 3.08. The predicted octanol–water partition coefficient (Wildman–Crippen LogP) is 2.62. The molecule has 1 heterocycles. The molecule has 0 bridgehead atoms. The lowest BCUT2D eigenvalue weighted by molar-refractivity contribution is 0.151. The second kappa shape index (κ2) is 4.64. The van der Waals surface area contributed by atoms with Gasteiger partial charge in [0.25, 0.3) is 6.43 Å². The van der Waals surface area contributed by atoms with Crippen molar-refractivity contribution in [1.82, 2.24) is 9.78 Å². The van der Waals surface area contributed by atoms with E-state index in [1.165, 1.54) is 23.9 Å². The third kappa shape index (κ3) is 2.01. The average molecular weight is 253 g/mol. The van der Waals surface area contributed by atoms with E-state index in [0.717, 1.165) is 0 Å². The van der Waals surface area contributed by atoms with Crippen LogP contribution in [0, 0.1) is 0 Å². The van der Waals surface area contributed by atoms with Crippen molar-refractivity contribution in [3.8, 4) is 17.0 Å². The van der Waals surface area contributed by atoms with Crippen LogP contribution in [0.3, 0.4) is 0 Å². The fourth-order valence-electron chi connectivity index (χ4n) is 1.78. The molecule has 18 heavy (non-hydrogen) atoms. The molecule has 1 aromatic carbocycles. The van der Waals surface area contributed by atoms with Gasteiger partial charge in [-0.2, -0.15) is 5.10 Å². The van der Waals surface area contributed by atoms with Gasteiger partial charge in [-0.05, 0) is 6.07 Å². The summed E-state index contributed by atoms with van der Waals surface area (Å²) >= 11 is 0. The number of hydrogen-bond donors (Lipinski definition) is 1. The molecule has 1 aromatic heterocycles. The van der Waals surface area contributed by atoms with Crippen molar-refractivity contribution < 1.29 is 13.5 Å². The zero-order chi connectivity index (χ0) is 13.3. The number of nitrogens with two attached hydrogens (primary N) is 1. The Morgan fingerprint density at radius 2 is 2.11 bits per heavy atom. The van der Waals surface area contributed by atoms with E-state index in [1.54, 1.807) is 19.2 Å². The molecule has 0 saturated heterocycles. The molecule has 2 aromatic rings. The number of rotatable bonds is 3. The van der Waals surface area contributed by atoms with Crippen molar-refractivity contribution >= 4 is 5.82 Å². The van der Waals surface area contributed by atoms with E-state index in [1.807, 2.05) is 0 Å². The molecule has 0 spiro atoms. The minimum absolute atomic E-state index is 0.118. The first-order valence-electron chi connectivity index (χ1n) is 5.29. The first-order valence-corrected chi connectivity index (χ1v) is 5.29. The van der Waals surface area contributed by atoms with Crippen molar-refractivity contribution in [2.75, 3.05) is 12.8 Å². The van der Waals surface area contributed by atoms with Crippen LogP contribution in [-0.4, -0.2) is 16.9 Å². The lowest BCUT2D eigenvalue weighted by atomic mass is 10.0. The van der Waals surface area contributed by atoms with Crippen LogP contribution in [0.4, 0.5) is 14.6 Å². The quantitative estimate of drug-likeness (QED) is 0.914. The minimum Gasteiger partial charge on any atom is -0.496 e. The van der Waals surface area contributed by atoms with E-state index in [9.17, 15) is 8.78 Å². The fraction of sp³-hybridized carbons (Fsp3) is 0.250. The van der Waals surface area contributed by atoms with Crippen LogP contribution in [0.25, 0.3) is 11.3 Å². The van der Waals surface area contributed by atoms with Crippen molar-refractivity contribution in [3.05, 3.63) is 29.8 Å². The van der Waals surface area contributed by atoms with E-state index in [2.05, 4.69) is 5.10 Å². The number of ether oxygens (including phenoxy) is 1. The highest BCUT2D eigenvalue weighted by Crippen LogP contribution is 2.37. The van der Waals surface area contributed by atoms with Gasteiger partial charge in [0.15, 0.2) is 0 Å². The van der Waals surface area contributed by atoms with E-state index in [4.69, 9.17) is 10.5 Å². The molecule has 0 aliphatic carbocycles. The Balaban J connectivity index is 2.67. The molecular formula is C12H13F2N3O.